The lowest BCUT2D eigenvalue weighted by Gasteiger charge is -2.32. The molecule has 3 rings (SSSR count). The molecule has 25 heavy (non-hydrogen) atoms. The predicted molar refractivity (Wildman–Crippen MR) is 98.3 cm³/mol. The average Bonchev–Trinajstić information content (AvgIpc) is 2.81. The van der Waals surface area contributed by atoms with Crippen molar-refractivity contribution in [1.82, 2.24) is 14.9 Å². The van der Waals surface area contributed by atoms with Gasteiger partial charge >= 0.3 is 7.12 Å². The van der Waals surface area contributed by atoms with Crippen molar-refractivity contribution in [2.45, 2.75) is 38.9 Å². The number of morpholine rings is 1. The largest absolute Gasteiger partial charge is 0.498 e. The minimum absolute atomic E-state index is 0.356. The number of ether oxygens (including phenoxy) is 1. The van der Waals surface area contributed by atoms with Crippen LogP contribution in [0.25, 0.3) is 0 Å². The van der Waals surface area contributed by atoms with Crippen LogP contribution in [0.1, 0.15) is 27.7 Å². The third kappa shape index (κ3) is 4.14. The maximum absolute atomic E-state index is 6.04. The van der Waals surface area contributed by atoms with Gasteiger partial charge in [-0.25, -0.2) is 9.97 Å². The Morgan fingerprint density at radius 3 is 2.20 bits per heavy atom. The van der Waals surface area contributed by atoms with Crippen molar-refractivity contribution < 1.29 is 14.0 Å². The Bertz CT molecular complexity index is 560. The fraction of sp³-hybridized carbons (Fsp3) is 0.765. The molecule has 2 aliphatic rings. The average molecular weight is 348 g/mol. The second kappa shape index (κ2) is 7.19. The fourth-order valence-electron chi connectivity index (χ4n) is 2.85. The van der Waals surface area contributed by atoms with Crippen LogP contribution < -0.4 is 10.4 Å². The first-order valence-electron chi connectivity index (χ1n) is 8.97. The molecule has 2 fully saturated rings. The van der Waals surface area contributed by atoms with Crippen molar-refractivity contribution in [1.29, 1.82) is 0 Å². The molecule has 0 unspecified atom stereocenters. The molecule has 0 aromatic carbocycles. The number of likely N-dealkylation sites (N-methyl/N-ethyl adjacent to an activating group) is 1. The number of hydrogen-bond acceptors (Lipinski definition) is 7. The van der Waals surface area contributed by atoms with Gasteiger partial charge in [0.15, 0.2) is 0 Å². The number of rotatable bonds is 5. The molecule has 0 N–H and O–H groups in total. The van der Waals surface area contributed by atoms with Crippen molar-refractivity contribution in [3.63, 3.8) is 0 Å². The van der Waals surface area contributed by atoms with Crippen LogP contribution in [-0.2, 0) is 14.0 Å². The molecule has 3 heterocycles. The lowest BCUT2D eigenvalue weighted by atomic mass is 9.81. The van der Waals surface area contributed by atoms with E-state index in [0.29, 0.717) is 5.95 Å². The molecular formula is C17H29BN4O3. The van der Waals surface area contributed by atoms with Crippen LogP contribution in [0.2, 0.25) is 0 Å². The highest BCUT2D eigenvalue weighted by Crippen LogP contribution is 2.36. The SMILES string of the molecule is CN(CCN1CCOCC1)c1ncc(B2OC(C)(C)C(C)(C)O2)cn1. The highest BCUT2D eigenvalue weighted by Gasteiger charge is 2.51. The number of hydrogen-bond donors (Lipinski definition) is 0. The topological polar surface area (TPSA) is 60.0 Å². The van der Waals surface area contributed by atoms with Crippen LogP contribution in [0.4, 0.5) is 5.95 Å². The molecule has 1 aromatic heterocycles. The summed E-state index contributed by atoms with van der Waals surface area (Å²) in [6, 6.07) is 0. The quantitative estimate of drug-likeness (QED) is 0.720. The van der Waals surface area contributed by atoms with Gasteiger partial charge in [0.25, 0.3) is 0 Å². The third-order valence-corrected chi connectivity index (χ3v) is 5.38. The third-order valence-electron chi connectivity index (χ3n) is 5.38. The molecule has 0 spiro atoms. The second-order valence-corrected chi connectivity index (χ2v) is 7.78. The second-order valence-electron chi connectivity index (χ2n) is 7.78. The van der Waals surface area contributed by atoms with Gasteiger partial charge < -0.3 is 18.9 Å². The molecule has 0 saturated carbocycles. The first kappa shape index (κ1) is 18.6. The lowest BCUT2D eigenvalue weighted by molar-refractivity contribution is 0.00578. The predicted octanol–water partition coefficient (Wildman–Crippen LogP) is 0.544. The highest BCUT2D eigenvalue weighted by atomic mass is 16.7. The van der Waals surface area contributed by atoms with Crippen molar-refractivity contribution in [2.24, 2.45) is 0 Å². The van der Waals surface area contributed by atoms with Crippen molar-refractivity contribution in [3.8, 4) is 0 Å². The Balaban J connectivity index is 1.56. The van der Waals surface area contributed by atoms with Gasteiger partial charge in [0.2, 0.25) is 5.95 Å². The summed E-state index contributed by atoms with van der Waals surface area (Å²) in [5.41, 5.74) is 0.139. The zero-order valence-electron chi connectivity index (χ0n) is 16.0. The summed E-state index contributed by atoms with van der Waals surface area (Å²) < 4.78 is 17.5. The summed E-state index contributed by atoms with van der Waals surface area (Å²) in [4.78, 5) is 13.5. The summed E-state index contributed by atoms with van der Waals surface area (Å²) in [6.45, 7) is 13.7. The Morgan fingerprint density at radius 1 is 1.08 bits per heavy atom. The van der Waals surface area contributed by atoms with E-state index in [-0.39, 0.29) is 11.2 Å². The molecular weight excluding hydrogens is 319 g/mol. The van der Waals surface area contributed by atoms with E-state index >= 15 is 0 Å². The highest BCUT2D eigenvalue weighted by molar-refractivity contribution is 6.61. The van der Waals surface area contributed by atoms with Crippen LogP contribution in [0.5, 0.6) is 0 Å². The van der Waals surface area contributed by atoms with Crippen molar-refractivity contribution in [2.75, 3.05) is 51.3 Å². The van der Waals surface area contributed by atoms with E-state index in [2.05, 4.69) is 19.8 Å². The number of nitrogens with zero attached hydrogens (tertiary/aromatic N) is 4. The number of anilines is 1. The van der Waals surface area contributed by atoms with Crippen LogP contribution >= 0.6 is 0 Å². The van der Waals surface area contributed by atoms with Gasteiger partial charge in [-0.2, -0.15) is 0 Å². The van der Waals surface area contributed by atoms with Gasteiger partial charge in [0.1, 0.15) is 0 Å². The Kier molecular flexibility index (Phi) is 5.34. The molecule has 2 aliphatic heterocycles. The number of aromatic nitrogens is 2. The Morgan fingerprint density at radius 2 is 1.64 bits per heavy atom. The molecule has 1 aromatic rings. The van der Waals surface area contributed by atoms with Crippen LogP contribution in [0.15, 0.2) is 12.4 Å². The van der Waals surface area contributed by atoms with Crippen LogP contribution in [0.3, 0.4) is 0 Å². The van der Waals surface area contributed by atoms with Gasteiger partial charge in [0.05, 0.1) is 24.4 Å². The molecule has 0 aliphatic carbocycles. The molecule has 8 heteroatoms. The monoisotopic (exact) mass is 348 g/mol. The maximum atomic E-state index is 6.04. The fourth-order valence-corrected chi connectivity index (χ4v) is 2.85. The van der Waals surface area contributed by atoms with Crippen molar-refractivity contribution >= 4 is 18.5 Å². The normalized spacial score (nSPS) is 23.0. The summed E-state index contributed by atoms with van der Waals surface area (Å²) in [5, 5.41) is 0. The van der Waals surface area contributed by atoms with E-state index in [0.717, 1.165) is 44.9 Å². The molecule has 2 saturated heterocycles. The standard InChI is InChI=1S/C17H29BN4O3/c1-16(2)17(3,4)25-18(24-16)14-12-19-15(20-13-14)21(5)6-7-22-8-10-23-11-9-22/h12-13H,6-11H2,1-5H3. The summed E-state index contributed by atoms with van der Waals surface area (Å²) >= 11 is 0. The van der Waals surface area contributed by atoms with Gasteiger partial charge in [0, 0.05) is 51.1 Å². The van der Waals surface area contributed by atoms with E-state index in [1.807, 2.05) is 34.7 Å². The first-order chi connectivity index (χ1) is 11.8. The van der Waals surface area contributed by atoms with Crippen LogP contribution in [0, 0.1) is 0 Å². The zero-order chi connectivity index (χ0) is 18.1. The van der Waals surface area contributed by atoms with E-state index < -0.39 is 7.12 Å². The zero-order valence-corrected chi connectivity index (χ0v) is 16.0. The van der Waals surface area contributed by atoms with E-state index in [1.165, 1.54) is 0 Å². The molecule has 0 radical (unpaired) electrons. The van der Waals surface area contributed by atoms with Gasteiger partial charge in [-0.3, -0.25) is 4.90 Å². The molecule has 0 bridgehead atoms. The molecule has 7 nitrogen and oxygen atoms in total. The molecule has 0 atom stereocenters. The molecule has 0 amide bonds. The first-order valence-corrected chi connectivity index (χ1v) is 8.97. The lowest BCUT2D eigenvalue weighted by Crippen LogP contribution is -2.41. The van der Waals surface area contributed by atoms with E-state index in [4.69, 9.17) is 14.0 Å². The summed E-state index contributed by atoms with van der Waals surface area (Å²) in [5.74, 6) is 0.716. The van der Waals surface area contributed by atoms with Crippen LogP contribution in [-0.4, -0.2) is 79.6 Å². The van der Waals surface area contributed by atoms with Gasteiger partial charge in [-0.05, 0) is 27.7 Å². The minimum atomic E-state index is -0.419. The Labute approximate surface area is 150 Å². The summed E-state index contributed by atoms with van der Waals surface area (Å²) in [6.07, 6.45) is 3.60. The Hall–Kier alpha value is -1.22. The van der Waals surface area contributed by atoms with E-state index in [9.17, 15) is 0 Å². The van der Waals surface area contributed by atoms with Crippen molar-refractivity contribution in [3.05, 3.63) is 12.4 Å². The summed E-state index contributed by atoms with van der Waals surface area (Å²) in [7, 11) is 1.60. The van der Waals surface area contributed by atoms with Gasteiger partial charge in [-0.15, -0.1) is 0 Å². The van der Waals surface area contributed by atoms with Gasteiger partial charge in [-0.1, -0.05) is 0 Å². The molecule has 138 valence electrons. The maximum Gasteiger partial charge on any atom is 0.498 e. The minimum Gasteiger partial charge on any atom is -0.399 e. The smallest absolute Gasteiger partial charge is 0.399 e. The van der Waals surface area contributed by atoms with E-state index in [1.54, 1.807) is 12.4 Å².